The summed E-state index contributed by atoms with van der Waals surface area (Å²) in [6.45, 7) is 8.10. The number of ether oxygens (including phenoxy) is 1. The van der Waals surface area contributed by atoms with Crippen molar-refractivity contribution in [2.45, 2.75) is 37.4 Å². The summed E-state index contributed by atoms with van der Waals surface area (Å²) in [7, 11) is -3.60. The van der Waals surface area contributed by atoms with Gasteiger partial charge in [0.05, 0.1) is 34.9 Å². The lowest BCUT2D eigenvalue weighted by Crippen LogP contribution is -2.40. The van der Waals surface area contributed by atoms with Crippen molar-refractivity contribution in [1.82, 2.24) is 13.9 Å². The number of benzene rings is 2. The number of nitrogens with zero attached hydrogens (tertiary/aromatic N) is 3. The number of fused-ring (bicyclic) bond motifs is 1. The van der Waals surface area contributed by atoms with Gasteiger partial charge in [0.2, 0.25) is 15.9 Å². The van der Waals surface area contributed by atoms with Crippen molar-refractivity contribution in [2.75, 3.05) is 37.4 Å². The second kappa shape index (κ2) is 9.84. The van der Waals surface area contributed by atoms with E-state index in [-0.39, 0.29) is 16.6 Å². The van der Waals surface area contributed by atoms with Gasteiger partial charge in [-0.2, -0.15) is 4.31 Å². The zero-order valence-electron chi connectivity index (χ0n) is 19.0. The van der Waals surface area contributed by atoms with Gasteiger partial charge in [-0.3, -0.25) is 4.79 Å². The fraction of sp³-hybridized carbons (Fsp3) is 0.391. The van der Waals surface area contributed by atoms with Gasteiger partial charge in [0, 0.05) is 25.3 Å². The van der Waals surface area contributed by atoms with E-state index in [0.717, 1.165) is 22.3 Å². The molecule has 1 N–H and O–H groups in total. The van der Waals surface area contributed by atoms with E-state index in [1.54, 1.807) is 18.2 Å². The third-order valence-electron chi connectivity index (χ3n) is 5.61. The monoisotopic (exact) mass is 488 g/mol. The molecule has 2 aromatic carbocycles. The Morgan fingerprint density at radius 1 is 1.15 bits per heavy atom. The van der Waals surface area contributed by atoms with Crippen molar-refractivity contribution < 1.29 is 17.9 Å². The summed E-state index contributed by atoms with van der Waals surface area (Å²) in [4.78, 5) is 17.4. The Morgan fingerprint density at radius 2 is 1.91 bits per heavy atom. The highest BCUT2D eigenvalue weighted by atomic mass is 32.2. The molecule has 0 spiro atoms. The highest BCUT2D eigenvalue weighted by Crippen LogP contribution is 2.28. The molecule has 0 aliphatic carbocycles. The first-order valence-electron chi connectivity index (χ1n) is 10.9. The number of hydrogen-bond donors (Lipinski definition) is 1. The van der Waals surface area contributed by atoms with Crippen LogP contribution in [0.25, 0.3) is 11.0 Å². The number of amides is 1. The molecular formula is C23H28N4O4S2. The summed E-state index contributed by atoms with van der Waals surface area (Å²) in [6, 6.07) is 11.0. The normalized spacial score (nSPS) is 15.1. The van der Waals surface area contributed by atoms with E-state index in [1.807, 2.05) is 43.5 Å². The molecule has 10 heteroatoms. The van der Waals surface area contributed by atoms with E-state index in [2.05, 4.69) is 10.3 Å². The number of rotatable bonds is 7. The van der Waals surface area contributed by atoms with Crippen LogP contribution in [0.3, 0.4) is 0 Å². The van der Waals surface area contributed by atoms with Crippen molar-refractivity contribution in [1.29, 1.82) is 0 Å². The Labute approximate surface area is 198 Å². The molecule has 4 rings (SSSR count). The van der Waals surface area contributed by atoms with Crippen LogP contribution in [-0.4, -0.2) is 60.2 Å². The van der Waals surface area contributed by atoms with Crippen LogP contribution in [0.5, 0.6) is 0 Å². The number of sulfonamides is 1. The molecule has 1 saturated heterocycles. The lowest BCUT2D eigenvalue weighted by molar-refractivity contribution is -0.113. The van der Waals surface area contributed by atoms with Crippen LogP contribution in [0.2, 0.25) is 0 Å². The Bertz CT molecular complexity index is 1280. The van der Waals surface area contributed by atoms with Crippen LogP contribution in [-0.2, 0) is 26.1 Å². The predicted molar refractivity (Wildman–Crippen MR) is 130 cm³/mol. The van der Waals surface area contributed by atoms with E-state index in [0.29, 0.717) is 43.5 Å². The molecule has 0 saturated carbocycles. The molecule has 0 bridgehead atoms. The van der Waals surface area contributed by atoms with Crippen molar-refractivity contribution in [3.05, 3.63) is 47.5 Å². The number of anilines is 1. The molecule has 1 aromatic heterocycles. The van der Waals surface area contributed by atoms with E-state index in [1.165, 1.54) is 16.1 Å². The van der Waals surface area contributed by atoms with Gasteiger partial charge in [-0.1, -0.05) is 23.9 Å². The Hall–Kier alpha value is -2.40. The zero-order valence-corrected chi connectivity index (χ0v) is 20.6. The van der Waals surface area contributed by atoms with Gasteiger partial charge in [-0.15, -0.1) is 0 Å². The molecule has 1 aliphatic rings. The number of aromatic nitrogens is 2. The average molecular weight is 489 g/mol. The molecule has 2 heterocycles. The van der Waals surface area contributed by atoms with Crippen LogP contribution >= 0.6 is 11.8 Å². The standard InChI is InChI=1S/C23H28N4O4S2/c1-4-27-21-8-7-18(33(29,30)26-9-11-31-12-10-26)14-20(21)25-23(27)32-15-22(28)24-19-13-16(2)5-6-17(19)3/h5-8,13-14H,4,9-12,15H2,1-3H3,(H,24,28). The Kier molecular flexibility index (Phi) is 7.08. The largest absolute Gasteiger partial charge is 0.379 e. The minimum atomic E-state index is -3.60. The molecule has 1 aliphatic heterocycles. The van der Waals surface area contributed by atoms with E-state index in [9.17, 15) is 13.2 Å². The summed E-state index contributed by atoms with van der Waals surface area (Å²) in [5, 5.41) is 3.65. The first-order chi connectivity index (χ1) is 15.8. The van der Waals surface area contributed by atoms with Crippen molar-refractivity contribution in [2.24, 2.45) is 0 Å². The van der Waals surface area contributed by atoms with Crippen LogP contribution in [0.15, 0.2) is 46.5 Å². The number of aryl methyl sites for hydroxylation is 3. The number of carbonyl (C=O) groups excluding carboxylic acids is 1. The van der Waals surface area contributed by atoms with Crippen LogP contribution in [0.1, 0.15) is 18.1 Å². The fourth-order valence-electron chi connectivity index (χ4n) is 3.79. The topological polar surface area (TPSA) is 93.5 Å². The molecular weight excluding hydrogens is 460 g/mol. The lowest BCUT2D eigenvalue weighted by Gasteiger charge is -2.26. The SMILES string of the molecule is CCn1c(SCC(=O)Nc2cc(C)ccc2C)nc2cc(S(=O)(=O)N3CCOCC3)ccc21. The maximum absolute atomic E-state index is 13.0. The first kappa shape index (κ1) is 23.7. The maximum atomic E-state index is 13.0. The van der Waals surface area contributed by atoms with Gasteiger partial charge in [0.25, 0.3) is 0 Å². The van der Waals surface area contributed by atoms with Gasteiger partial charge in [-0.05, 0) is 56.2 Å². The molecule has 1 fully saturated rings. The lowest BCUT2D eigenvalue weighted by atomic mass is 10.1. The fourth-order valence-corrected chi connectivity index (χ4v) is 6.09. The number of carbonyl (C=O) groups is 1. The Morgan fingerprint density at radius 3 is 2.64 bits per heavy atom. The van der Waals surface area contributed by atoms with Gasteiger partial charge >= 0.3 is 0 Å². The first-order valence-corrected chi connectivity index (χ1v) is 13.3. The molecule has 176 valence electrons. The van der Waals surface area contributed by atoms with E-state index in [4.69, 9.17) is 4.74 Å². The average Bonchev–Trinajstić information content (AvgIpc) is 3.17. The zero-order chi connectivity index (χ0) is 23.6. The predicted octanol–water partition coefficient (Wildman–Crippen LogP) is 3.42. The van der Waals surface area contributed by atoms with Crippen LogP contribution < -0.4 is 5.32 Å². The smallest absolute Gasteiger partial charge is 0.243 e. The number of nitrogens with one attached hydrogen (secondary N) is 1. The molecule has 0 unspecified atom stereocenters. The summed E-state index contributed by atoms with van der Waals surface area (Å²) >= 11 is 1.34. The quantitative estimate of drug-likeness (QED) is 0.512. The second-order valence-corrected chi connectivity index (χ2v) is 10.8. The summed E-state index contributed by atoms with van der Waals surface area (Å²) in [5.41, 5.74) is 4.34. The van der Waals surface area contributed by atoms with Gasteiger partial charge in [0.15, 0.2) is 5.16 Å². The van der Waals surface area contributed by atoms with E-state index < -0.39 is 10.0 Å². The molecule has 0 atom stereocenters. The molecule has 33 heavy (non-hydrogen) atoms. The van der Waals surface area contributed by atoms with Crippen LogP contribution in [0, 0.1) is 13.8 Å². The number of morpholine rings is 1. The summed E-state index contributed by atoms with van der Waals surface area (Å²) in [6.07, 6.45) is 0. The van der Waals surface area contributed by atoms with Crippen molar-refractivity contribution in [3.8, 4) is 0 Å². The summed E-state index contributed by atoms with van der Waals surface area (Å²) in [5.74, 6) is 0.0920. The number of hydrogen-bond acceptors (Lipinski definition) is 6. The molecule has 8 nitrogen and oxygen atoms in total. The van der Waals surface area contributed by atoms with Crippen molar-refractivity contribution in [3.63, 3.8) is 0 Å². The van der Waals surface area contributed by atoms with Crippen molar-refractivity contribution >= 4 is 44.4 Å². The third kappa shape index (κ3) is 5.08. The minimum Gasteiger partial charge on any atom is -0.379 e. The highest BCUT2D eigenvalue weighted by molar-refractivity contribution is 7.99. The number of imidazole rings is 1. The molecule has 3 aromatic rings. The minimum absolute atomic E-state index is 0.112. The Balaban J connectivity index is 1.53. The number of thioether (sulfide) groups is 1. The third-order valence-corrected chi connectivity index (χ3v) is 8.48. The van der Waals surface area contributed by atoms with Gasteiger partial charge in [0.1, 0.15) is 0 Å². The van der Waals surface area contributed by atoms with E-state index >= 15 is 0 Å². The van der Waals surface area contributed by atoms with Gasteiger partial charge < -0.3 is 14.6 Å². The maximum Gasteiger partial charge on any atom is 0.243 e. The van der Waals surface area contributed by atoms with Crippen LogP contribution in [0.4, 0.5) is 5.69 Å². The summed E-state index contributed by atoms with van der Waals surface area (Å²) < 4.78 is 34.7. The molecule has 0 radical (unpaired) electrons. The second-order valence-electron chi connectivity index (χ2n) is 7.96. The highest BCUT2D eigenvalue weighted by Gasteiger charge is 2.27. The molecule has 1 amide bonds. The van der Waals surface area contributed by atoms with Gasteiger partial charge in [-0.25, -0.2) is 13.4 Å².